The predicted molar refractivity (Wildman–Crippen MR) is 57.6 cm³/mol. The van der Waals surface area contributed by atoms with Crippen LogP contribution >= 0.6 is 0 Å². The molecule has 0 aliphatic heterocycles. The van der Waals surface area contributed by atoms with E-state index in [4.69, 9.17) is 0 Å². The van der Waals surface area contributed by atoms with E-state index in [0.29, 0.717) is 11.3 Å². The molecule has 0 fully saturated rings. The summed E-state index contributed by atoms with van der Waals surface area (Å²) >= 11 is 0. The van der Waals surface area contributed by atoms with Crippen LogP contribution < -0.4 is 5.32 Å². The monoisotopic (exact) mass is 205 g/mol. The van der Waals surface area contributed by atoms with Gasteiger partial charge in [0.15, 0.2) is 0 Å². The average molecular weight is 205 g/mol. The minimum Gasteiger partial charge on any atom is -0.351 e. The number of rotatable bonds is 2. The van der Waals surface area contributed by atoms with Crippen molar-refractivity contribution in [2.24, 2.45) is 7.05 Å². The molecule has 3 nitrogen and oxygen atoms in total. The number of nitrogens with one attached hydrogen (secondary N) is 1. The van der Waals surface area contributed by atoms with Gasteiger partial charge in [-0.25, -0.2) is 4.39 Å². The van der Waals surface area contributed by atoms with Gasteiger partial charge in [-0.1, -0.05) is 12.1 Å². The van der Waals surface area contributed by atoms with E-state index in [1.54, 1.807) is 36.1 Å². The van der Waals surface area contributed by atoms with Gasteiger partial charge in [0.05, 0.1) is 17.6 Å². The smallest absolute Gasteiger partial charge is 0.149 e. The van der Waals surface area contributed by atoms with Gasteiger partial charge in [0.25, 0.3) is 0 Å². The molecule has 0 spiro atoms. The Bertz CT molecular complexity index is 476. The molecule has 2 rings (SSSR count). The molecular formula is C11H12FN3. The zero-order chi connectivity index (χ0) is 10.8. The summed E-state index contributed by atoms with van der Waals surface area (Å²) in [6.07, 6.45) is 3.45. The number of aryl methyl sites for hydroxylation is 2. The summed E-state index contributed by atoms with van der Waals surface area (Å²) in [5.41, 5.74) is 1.88. The maximum atomic E-state index is 13.6. The Morgan fingerprint density at radius 2 is 2.20 bits per heavy atom. The third-order valence-electron chi connectivity index (χ3n) is 2.18. The van der Waals surface area contributed by atoms with Crippen molar-refractivity contribution in [1.29, 1.82) is 0 Å². The SMILES string of the molecule is Cc1cccc(Nc2cnn(C)c2)c1F. The van der Waals surface area contributed by atoms with Crippen LogP contribution in [0.2, 0.25) is 0 Å². The zero-order valence-corrected chi connectivity index (χ0v) is 8.66. The fourth-order valence-corrected chi connectivity index (χ4v) is 1.39. The third-order valence-corrected chi connectivity index (χ3v) is 2.18. The van der Waals surface area contributed by atoms with Crippen LogP contribution in [0, 0.1) is 12.7 Å². The van der Waals surface area contributed by atoms with Crippen LogP contribution in [-0.2, 0) is 7.05 Å². The molecule has 1 N–H and O–H groups in total. The molecule has 0 amide bonds. The number of hydrogen-bond acceptors (Lipinski definition) is 2. The second-order valence-corrected chi connectivity index (χ2v) is 3.46. The maximum absolute atomic E-state index is 13.6. The van der Waals surface area contributed by atoms with Crippen molar-refractivity contribution < 1.29 is 4.39 Å². The van der Waals surface area contributed by atoms with E-state index in [0.717, 1.165) is 5.69 Å². The largest absolute Gasteiger partial charge is 0.351 e. The molecule has 0 atom stereocenters. The van der Waals surface area contributed by atoms with Crippen LogP contribution in [-0.4, -0.2) is 9.78 Å². The molecule has 4 heteroatoms. The number of benzene rings is 1. The molecule has 78 valence electrons. The summed E-state index contributed by atoms with van der Waals surface area (Å²) in [6, 6.07) is 5.26. The van der Waals surface area contributed by atoms with Crippen molar-refractivity contribution in [3.05, 3.63) is 42.0 Å². The topological polar surface area (TPSA) is 29.9 Å². The van der Waals surface area contributed by atoms with Gasteiger partial charge in [0.1, 0.15) is 5.82 Å². The molecular weight excluding hydrogens is 193 g/mol. The molecule has 1 aromatic carbocycles. The highest BCUT2D eigenvalue weighted by atomic mass is 19.1. The Labute approximate surface area is 87.5 Å². The Hall–Kier alpha value is -1.84. The molecule has 2 aromatic rings. The van der Waals surface area contributed by atoms with Crippen molar-refractivity contribution in [2.75, 3.05) is 5.32 Å². The number of halogens is 1. The standard InChI is InChI=1S/C11H12FN3/c1-8-4-3-5-10(11(8)12)14-9-6-13-15(2)7-9/h3-7,14H,1-2H3. The average Bonchev–Trinajstić information content (AvgIpc) is 2.59. The summed E-state index contributed by atoms with van der Waals surface area (Å²) in [6.45, 7) is 1.74. The molecule has 1 heterocycles. The first-order valence-electron chi connectivity index (χ1n) is 4.67. The maximum Gasteiger partial charge on any atom is 0.149 e. The van der Waals surface area contributed by atoms with E-state index in [1.165, 1.54) is 0 Å². The summed E-state index contributed by atoms with van der Waals surface area (Å²) in [4.78, 5) is 0. The molecule has 0 saturated carbocycles. The lowest BCUT2D eigenvalue weighted by Crippen LogP contribution is -1.94. The molecule has 15 heavy (non-hydrogen) atoms. The zero-order valence-electron chi connectivity index (χ0n) is 8.66. The van der Waals surface area contributed by atoms with Gasteiger partial charge in [-0.15, -0.1) is 0 Å². The summed E-state index contributed by atoms with van der Waals surface area (Å²) in [5.74, 6) is -0.221. The number of aromatic nitrogens is 2. The van der Waals surface area contributed by atoms with Gasteiger partial charge < -0.3 is 5.32 Å². The molecule has 0 unspecified atom stereocenters. The minimum absolute atomic E-state index is 0.221. The van der Waals surface area contributed by atoms with Gasteiger partial charge >= 0.3 is 0 Å². The van der Waals surface area contributed by atoms with Gasteiger partial charge in [-0.2, -0.15) is 5.10 Å². The summed E-state index contributed by atoms with van der Waals surface area (Å²) in [5, 5.41) is 6.97. The number of anilines is 2. The highest BCUT2D eigenvalue weighted by Crippen LogP contribution is 2.21. The first-order chi connectivity index (χ1) is 7.16. The second-order valence-electron chi connectivity index (χ2n) is 3.46. The lowest BCUT2D eigenvalue weighted by molar-refractivity contribution is 0.622. The highest BCUT2D eigenvalue weighted by molar-refractivity contribution is 5.59. The van der Waals surface area contributed by atoms with E-state index >= 15 is 0 Å². The molecule has 0 saturated heterocycles. The minimum atomic E-state index is -0.221. The van der Waals surface area contributed by atoms with Crippen LogP contribution in [0.4, 0.5) is 15.8 Å². The molecule has 0 bridgehead atoms. The van der Waals surface area contributed by atoms with E-state index in [1.807, 2.05) is 13.1 Å². The van der Waals surface area contributed by atoms with Crippen molar-refractivity contribution >= 4 is 11.4 Å². The first kappa shape index (κ1) is 9.71. The Morgan fingerprint density at radius 3 is 2.87 bits per heavy atom. The van der Waals surface area contributed by atoms with E-state index < -0.39 is 0 Å². The van der Waals surface area contributed by atoms with E-state index in [9.17, 15) is 4.39 Å². The summed E-state index contributed by atoms with van der Waals surface area (Å²) < 4.78 is 15.3. The van der Waals surface area contributed by atoms with Crippen LogP contribution in [0.5, 0.6) is 0 Å². The predicted octanol–water partition coefficient (Wildman–Crippen LogP) is 2.61. The quantitative estimate of drug-likeness (QED) is 0.816. The van der Waals surface area contributed by atoms with Crippen molar-refractivity contribution in [3.8, 4) is 0 Å². The van der Waals surface area contributed by atoms with Gasteiger partial charge in [-0.3, -0.25) is 4.68 Å². The lowest BCUT2D eigenvalue weighted by atomic mass is 10.2. The fourth-order valence-electron chi connectivity index (χ4n) is 1.39. The fraction of sp³-hybridized carbons (Fsp3) is 0.182. The third kappa shape index (κ3) is 1.98. The van der Waals surface area contributed by atoms with Gasteiger partial charge in [0.2, 0.25) is 0 Å². The Morgan fingerprint density at radius 1 is 1.40 bits per heavy atom. The lowest BCUT2D eigenvalue weighted by Gasteiger charge is -2.06. The number of hydrogen-bond donors (Lipinski definition) is 1. The van der Waals surface area contributed by atoms with Crippen molar-refractivity contribution in [3.63, 3.8) is 0 Å². The number of nitrogens with zero attached hydrogens (tertiary/aromatic N) is 2. The van der Waals surface area contributed by atoms with E-state index in [-0.39, 0.29) is 5.82 Å². The second kappa shape index (κ2) is 3.73. The molecule has 1 aromatic heterocycles. The van der Waals surface area contributed by atoms with Crippen LogP contribution in [0.15, 0.2) is 30.6 Å². The van der Waals surface area contributed by atoms with Crippen molar-refractivity contribution in [2.45, 2.75) is 6.92 Å². The van der Waals surface area contributed by atoms with Crippen LogP contribution in [0.1, 0.15) is 5.56 Å². The Balaban J connectivity index is 2.28. The van der Waals surface area contributed by atoms with Gasteiger partial charge in [0, 0.05) is 13.2 Å². The van der Waals surface area contributed by atoms with E-state index in [2.05, 4.69) is 10.4 Å². The normalized spacial score (nSPS) is 10.3. The molecule has 0 aliphatic rings. The highest BCUT2D eigenvalue weighted by Gasteiger charge is 2.05. The van der Waals surface area contributed by atoms with Crippen molar-refractivity contribution in [1.82, 2.24) is 9.78 Å². The Kier molecular flexibility index (Phi) is 2.41. The first-order valence-corrected chi connectivity index (χ1v) is 4.67. The van der Waals surface area contributed by atoms with Gasteiger partial charge in [-0.05, 0) is 18.6 Å². The van der Waals surface area contributed by atoms with Crippen LogP contribution in [0.25, 0.3) is 0 Å². The molecule has 0 radical (unpaired) electrons. The van der Waals surface area contributed by atoms with Crippen LogP contribution in [0.3, 0.4) is 0 Å². The molecule has 0 aliphatic carbocycles. The summed E-state index contributed by atoms with van der Waals surface area (Å²) in [7, 11) is 1.82.